The Morgan fingerprint density at radius 2 is 2.00 bits per heavy atom. The fourth-order valence-corrected chi connectivity index (χ4v) is 2.43. The van der Waals surface area contributed by atoms with Crippen molar-refractivity contribution >= 4 is 17.0 Å². The highest BCUT2D eigenvalue weighted by atomic mass is 16.4. The number of aliphatic hydroxyl groups excluding tert-OH is 1. The number of fused-ring (bicyclic) bond motifs is 1. The van der Waals surface area contributed by atoms with Crippen molar-refractivity contribution < 1.29 is 15.0 Å². The van der Waals surface area contributed by atoms with E-state index in [9.17, 15) is 9.90 Å². The van der Waals surface area contributed by atoms with E-state index in [1.165, 1.54) is 11.1 Å². The maximum absolute atomic E-state index is 10.8. The number of aromatic nitrogens is 2. The number of carbonyl (C=O) groups is 1. The van der Waals surface area contributed by atoms with E-state index < -0.39 is 5.97 Å². The fraction of sp³-hybridized carbons (Fsp3) is 0.467. The van der Waals surface area contributed by atoms with Crippen molar-refractivity contribution in [1.82, 2.24) is 14.5 Å². The van der Waals surface area contributed by atoms with Crippen LogP contribution in [0.2, 0.25) is 0 Å². The third-order valence-electron chi connectivity index (χ3n) is 3.58. The van der Waals surface area contributed by atoms with E-state index in [-0.39, 0.29) is 13.2 Å². The van der Waals surface area contributed by atoms with E-state index in [4.69, 9.17) is 5.11 Å². The molecule has 6 heteroatoms. The Balaban J connectivity index is 2.42. The number of imidazole rings is 1. The number of hydrogen-bond acceptors (Lipinski definition) is 4. The van der Waals surface area contributed by atoms with Crippen molar-refractivity contribution in [3.05, 3.63) is 29.1 Å². The molecule has 0 unspecified atom stereocenters. The van der Waals surface area contributed by atoms with Gasteiger partial charge in [-0.2, -0.15) is 0 Å². The molecule has 0 amide bonds. The molecule has 1 heterocycles. The van der Waals surface area contributed by atoms with E-state index in [1.807, 2.05) is 24.5 Å². The number of benzene rings is 1. The zero-order chi connectivity index (χ0) is 15.6. The molecule has 6 nitrogen and oxygen atoms in total. The Bertz CT molecular complexity index is 664. The Hall–Kier alpha value is -1.92. The van der Waals surface area contributed by atoms with Crippen LogP contribution in [0, 0.1) is 13.8 Å². The molecule has 1 aromatic heterocycles. The number of aliphatic hydroxyl groups is 1. The van der Waals surface area contributed by atoms with E-state index in [1.54, 1.807) is 11.9 Å². The lowest BCUT2D eigenvalue weighted by Crippen LogP contribution is -2.26. The SMILES string of the molecule is Cc1cc2nc(CN(C)CC(=O)O)n(CCO)c2cc1C. The Kier molecular flexibility index (Phi) is 4.59. The molecule has 0 fully saturated rings. The third-order valence-corrected chi connectivity index (χ3v) is 3.58. The molecular formula is C15H21N3O3. The van der Waals surface area contributed by atoms with Gasteiger partial charge in [0, 0.05) is 6.54 Å². The van der Waals surface area contributed by atoms with Gasteiger partial charge in [-0.05, 0) is 44.2 Å². The molecule has 0 aliphatic rings. The summed E-state index contributed by atoms with van der Waals surface area (Å²) in [6, 6.07) is 4.09. The van der Waals surface area contributed by atoms with Gasteiger partial charge in [-0.3, -0.25) is 9.69 Å². The Morgan fingerprint density at radius 1 is 1.33 bits per heavy atom. The van der Waals surface area contributed by atoms with E-state index in [0.717, 1.165) is 16.9 Å². The van der Waals surface area contributed by atoms with Crippen molar-refractivity contribution in [1.29, 1.82) is 0 Å². The molecule has 21 heavy (non-hydrogen) atoms. The largest absolute Gasteiger partial charge is 0.480 e. The highest BCUT2D eigenvalue weighted by Crippen LogP contribution is 2.21. The molecule has 0 atom stereocenters. The van der Waals surface area contributed by atoms with E-state index in [2.05, 4.69) is 11.1 Å². The summed E-state index contributed by atoms with van der Waals surface area (Å²) in [5, 5.41) is 18.1. The molecular weight excluding hydrogens is 270 g/mol. The van der Waals surface area contributed by atoms with Gasteiger partial charge in [-0.1, -0.05) is 0 Å². The number of likely N-dealkylation sites (N-methyl/N-ethyl adjacent to an activating group) is 1. The average molecular weight is 291 g/mol. The summed E-state index contributed by atoms with van der Waals surface area (Å²) in [7, 11) is 1.74. The van der Waals surface area contributed by atoms with Crippen LogP contribution in [0.25, 0.3) is 11.0 Å². The van der Waals surface area contributed by atoms with Gasteiger partial charge in [0.15, 0.2) is 0 Å². The predicted molar refractivity (Wildman–Crippen MR) is 80.3 cm³/mol. The lowest BCUT2D eigenvalue weighted by Gasteiger charge is -2.15. The van der Waals surface area contributed by atoms with Crippen LogP contribution in [0.15, 0.2) is 12.1 Å². The number of carboxylic acids is 1. The number of rotatable bonds is 6. The zero-order valence-electron chi connectivity index (χ0n) is 12.6. The number of aliphatic carboxylic acids is 1. The van der Waals surface area contributed by atoms with Crippen LogP contribution in [0.1, 0.15) is 17.0 Å². The second-order valence-electron chi connectivity index (χ2n) is 5.39. The van der Waals surface area contributed by atoms with Crippen LogP contribution in [0.5, 0.6) is 0 Å². The Labute approximate surface area is 123 Å². The molecule has 0 aliphatic carbocycles. The van der Waals surface area contributed by atoms with Crippen LogP contribution in [-0.2, 0) is 17.9 Å². The first-order chi connectivity index (χ1) is 9.92. The van der Waals surface area contributed by atoms with Gasteiger partial charge in [-0.25, -0.2) is 4.98 Å². The first-order valence-electron chi connectivity index (χ1n) is 6.90. The first kappa shape index (κ1) is 15.5. The standard InChI is InChI=1S/C15H21N3O3/c1-10-6-12-13(7-11(10)2)18(4-5-19)14(16-12)8-17(3)9-15(20)21/h6-7,19H,4-5,8-9H2,1-3H3,(H,20,21). The van der Waals surface area contributed by atoms with Crippen molar-refractivity contribution in [3.63, 3.8) is 0 Å². The van der Waals surface area contributed by atoms with Crippen LogP contribution in [0.3, 0.4) is 0 Å². The number of carboxylic acid groups (broad SMARTS) is 1. The lowest BCUT2D eigenvalue weighted by atomic mass is 10.1. The monoisotopic (exact) mass is 291 g/mol. The molecule has 2 N–H and O–H groups in total. The first-order valence-corrected chi connectivity index (χ1v) is 6.90. The summed E-state index contributed by atoms with van der Waals surface area (Å²) in [6.45, 7) is 4.94. The van der Waals surface area contributed by atoms with Gasteiger partial charge in [0.2, 0.25) is 0 Å². The van der Waals surface area contributed by atoms with Crippen molar-refractivity contribution in [2.75, 3.05) is 20.2 Å². The molecule has 0 aliphatic heterocycles. The quantitative estimate of drug-likeness (QED) is 0.835. The van der Waals surface area contributed by atoms with Crippen molar-refractivity contribution in [2.45, 2.75) is 26.9 Å². The average Bonchev–Trinajstić information content (AvgIpc) is 2.67. The maximum atomic E-state index is 10.8. The van der Waals surface area contributed by atoms with Crippen LogP contribution in [0.4, 0.5) is 0 Å². The lowest BCUT2D eigenvalue weighted by molar-refractivity contribution is -0.138. The topological polar surface area (TPSA) is 78.6 Å². The molecule has 1 aromatic carbocycles. The van der Waals surface area contributed by atoms with Crippen molar-refractivity contribution in [3.8, 4) is 0 Å². The minimum Gasteiger partial charge on any atom is -0.480 e. The molecule has 2 rings (SSSR count). The highest BCUT2D eigenvalue weighted by molar-refractivity contribution is 5.78. The van der Waals surface area contributed by atoms with Crippen molar-refractivity contribution in [2.24, 2.45) is 0 Å². The number of aryl methyl sites for hydroxylation is 2. The smallest absolute Gasteiger partial charge is 0.317 e. The van der Waals surface area contributed by atoms with Gasteiger partial charge in [0.1, 0.15) is 5.82 Å². The van der Waals surface area contributed by atoms with E-state index in [0.29, 0.717) is 13.1 Å². The summed E-state index contributed by atoms with van der Waals surface area (Å²) in [4.78, 5) is 17.1. The minimum absolute atomic E-state index is 0.0219. The van der Waals surface area contributed by atoms with E-state index >= 15 is 0 Å². The fourth-order valence-electron chi connectivity index (χ4n) is 2.43. The van der Waals surface area contributed by atoms with Crippen LogP contribution < -0.4 is 0 Å². The Morgan fingerprint density at radius 3 is 2.62 bits per heavy atom. The third kappa shape index (κ3) is 3.40. The van der Waals surface area contributed by atoms with Gasteiger partial charge < -0.3 is 14.8 Å². The molecule has 114 valence electrons. The van der Waals surface area contributed by atoms with Gasteiger partial charge >= 0.3 is 5.97 Å². The molecule has 0 bridgehead atoms. The highest BCUT2D eigenvalue weighted by Gasteiger charge is 2.14. The van der Waals surface area contributed by atoms with Crippen LogP contribution >= 0.6 is 0 Å². The summed E-state index contributed by atoms with van der Waals surface area (Å²) in [5.41, 5.74) is 4.20. The van der Waals surface area contributed by atoms with Gasteiger partial charge in [0.25, 0.3) is 0 Å². The number of nitrogens with zero attached hydrogens (tertiary/aromatic N) is 3. The zero-order valence-corrected chi connectivity index (χ0v) is 12.6. The number of hydrogen-bond donors (Lipinski definition) is 2. The molecule has 0 spiro atoms. The molecule has 2 aromatic rings. The van der Waals surface area contributed by atoms with Crippen LogP contribution in [-0.4, -0.2) is 50.8 Å². The predicted octanol–water partition coefficient (Wildman–Crippen LogP) is 1.16. The molecule has 0 saturated carbocycles. The maximum Gasteiger partial charge on any atom is 0.317 e. The summed E-state index contributed by atoms with van der Waals surface area (Å²) in [5.74, 6) is -0.0955. The summed E-state index contributed by atoms with van der Waals surface area (Å²) >= 11 is 0. The second-order valence-corrected chi connectivity index (χ2v) is 5.39. The van der Waals surface area contributed by atoms with Gasteiger partial charge in [0.05, 0.1) is 30.7 Å². The van der Waals surface area contributed by atoms with Gasteiger partial charge in [-0.15, -0.1) is 0 Å². The summed E-state index contributed by atoms with van der Waals surface area (Å²) in [6.07, 6.45) is 0. The normalized spacial score (nSPS) is 11.5. The molecule has 0 saturated heterocycles. The second kappa shape index (κ2) is 6.24. The molecule has 0 radical (unpaired) electrons. The summed E-state index contributed by atoms with van der Waals surface area (Å²) < 4.78 is 1.96. The minimum atomic E-state index is -0.867.